The van der Waals surface area contributed by atoms with E-state index < -0.39 is 27.4 Å². The molecule has 0 atom stereocenters. The van der Waals surface area contributed by atoms with Crippen LogP contribution in [0.25, 0.3) is 0 Å². The number of nitrogens with one attached hydrogen (secondary N) is 1. The number of carbonyl (C=O) groups is 1. The van der Waals surface area contributed by atoms with Crippen LogP contribution in [0.2, 0.25) is 0 Å². The summed E-state index contributed by atoms with van der Waals surface area (Å²) < 4.78 is 33.3. The van der Waals surface area contributed by atoms with E-state index in [9.17, 15) is 23.3 Å². The van der Waals surface area contributed by atoms with E-state index in [-0.39, 0.29) is 35.3 Å². The quantitative estimate of drug-likeness (QED) is 0.242. The molecule has 0 aromatic heterocycles. The topological polar surface area (TPSA) is 119 Å². The Kier molecular flexibility index (Phi) is 8.43. The second-order valence-electron chi connectivity index (χ2n) is 7.99. The highest BCUT2D eigenvalue weighted by molar-refractivity contribution is 7.92. The van der Waals surface area contributed by atoms with Crippen LogP contribution in [0.3, 0.4) is 0 Å². The number of nitrogens with zero attached hydrogens (tertiary/aromatic N) is 2. The number of para-hydroxylation sites is 1. The fraction of sp³-hybridized carbons (Fsp3) is 0.240. The number of non-ortho nitro benzene ring substituents is 1. The summed E-state index contributed by atoms with van der Waals surface area (Å²) in [5, 5.41) is 13.9. The first-order valence-corrected chi connectivity index (χ1v) is 12.4. The Morgan fingerprint density at radius 2 is 1.71 bits per heavy atom. The number of carbonyl (C=O) groups excluding carboxylic acids is 1. The number of amides is 1. The number of hydrogen-bond acceptors (Lipinski definition) is 6. The second-order valence-corrected chi connectivity index (χ2v) is 9.85. The van der Waals surface area contributed by atoms with E-state index in [0.29, 0.717) is 0 Å². The van der Waals surface area contributed by atoms with Crippen LogP contribution in [0.5, 0.6) is 5.75 Å². The van der Waals surface area contributed by atoms with Crippen molar-refractivity contribution in [3.63, 3.8) is 0 Å². The van der Waals surface area contributed by atoms with Crippen LogP contribution in [-0.4, -0.2) is 38.9 Å². The first-order valence-electron chi connectivity index (χ1n) is 11.0. The van der Waals surface area contributed by atoms with Gasteiger partial charge >= 0.3 is 0 Å². The number of nitro benzene ring substituents is 1. The average Bonchev–Trinajstić information content (AvgIpc) is 2.85. The van der Waals surface area contributed by atoms with Crippen molar-refractivity contribution in [1.29, 1.82) is 0 Å². The van der Waals surface area contributed by atoms with Gasteiger partial charge in [-0.25, -0.2) is 8.42 Å². The third-order valence-corrected chi connectivity index (χ3v) is 6.96. The van der Waals surface area contributed by atoms with Crippen molar-refractivity contribution in [2.24, 2.45) is 0 Å². The highest BCUT2D eigenvalue weighted by Crippen LogP contribution is 2.27. The van der Waals surface area contributed by atoms with Crippen LogP contribution < -0.4 is 14.4 Å². The van der Waals surface area contributed by atoms with Crippen LogP contribution in [-0.2, 0) is 14.8 Å². The van der Waals surface area contributed by atoms with Gasteiger partial charge in [0.25, 0.3) is 15.7 Å². The lowest BCUT2D eigenvalue weighted by Crippen LogP contribution is -2.42. The number of ether oxygens (including phenoxy) is 1. The molecule has 0 fully saturated rings. The van der Waals surface area contributed by atoms with E-state index in [1.165, 1.54) is 30.3 Å². The number of anilines is 1. The Morgan fingerprint density at radius 1 is 1.03 bits per heavy atom. The predicted octanol–water partition coefficient (Wildman–Crippen LogP) is 4.11. The van der Waals surface area contributed by atoms with Gasteiger partial charge in [0.1, 0.15) is 18.9 Å². The maximum Gasteiger partial charge on any atom is 0.271 e. The molecule has 3 rings (SSSR count). The smallest absolute Gasteiger partial charge is 0.271 e. The fourth-order valence-corrected chi connectivity index (χ4v) is 4.86. The molecule has 3 aromatic rings. The summed E-state index contributed by atoms with van der Waals surface area (Å²) in [6.07, 6.45) is 0. The molecule has 35 heavy (non-hydrogen) atoms. The molecule has 0 saturated carbocycles. The zero-order valence-electron chi connectivity index (χ0n) is 19.5. The molecular weight excluding hydrogens is 470 g/mol. The predicted molar refractivity (Wildman–Crippen MR) is 133 cm³/mol. The fourth-order valence-electron chi connectivity index (χ4n) is 3.42. The molecule has 1 amide bonds. The molecule has 10 heteroatoms. The third-order valence-electron chi connectivity index (χ3n) is 5.17. The van der Waals surface area contributed by atoms with Crippen molar-refractivity contribution in [2.75, 3.05) is 24.0 Å². The van der Waals surface area contributed by atoms with Gasteiger partial charge < -0.3 is 10.1 Å². The molecule has 0 aliphatic carbocycles. The maximum atomic E-state index is 13.3. The highest BCUT2D eigenvalue weighted by atomic mass is 32.2. The van der Waals surface area contributed by atoms with E-state index >= 15 is 0 Å². The summed E-state index contributed by atoms with van der Waals surface area (Å²) in [4.78, 5) is 23.3. The van der Waals surface area contributed by atoms with Crippen LogP contribution in [0.1, 0.15) is 25.3 Å². The molecule has 0 radical (unpaired) electrons. The lowest BCUT2D eigenvalue weighted by molar-refractivity contribution is -0.384. The van der Waals surface area contributed by atoms with Crippen LogP contribution >= 0.6 is 0 Å². The van der Waals surface area contributed by atoms with E-state index in [2.05, 4.69) is 19.2 Å². The normalized spacial score (nSPS) is 11.2. The minimum atomic E-state index is -4.16. The van der Waals surface area contributed by atoms with Gasteiger partial charge in [-0.2, -0.15) is 0 Å². The Balaban J connectivity index is 1.74. The van der Waals surface area contributed by atoms with E-state index in [0.717, 1.165) is 21.7 Å². The van der Waals surface area contributed by atoms with Crippen molar-refractivity contribution in [1.82, 2.24) is 5.32 Å². The SMILES string of the molecule is CC(C)c1ccccc1OCCNC(=O)CN(c1cccc([N+](=O)[O-])c1)S(=O)(=O)c1ccccc1. The van der Waals surface area contributed by atoms with Crippen molar-refractivity contribution < 1.29 is 22.9 Å². The average molecular weight is 498 g/mol. The number of nitro groups is 1. The summed E-state index contributed by atoms with van der Waals surface area (Å²) in [7, 11) is -4.16. The standard InChI is InChI=1S/C25H27N3O6S/c1-19(2)23-13-6-7-14-24(23)34-16-15-26-25(29)18-27(20-9-8-10-21(17-20)28(30)31)35(32,33)22-11-4-3-5-12-22/h3-14,17,19H,15-16,18H2,1-2H3,(H,26,29). The molecule has 0 aliphatic heterocycles. The molecule has 0 bridgehead atoms. The summed E-state index contributed by atoms with van der Waals surface area (Å²) in [6, 6.07) is 20.4. The summed E-state index contributed by atoms with van der Waals surface area (Å²) in [5.41, 5.74) is 0.776. The van der Waals surface area contributed by atoms with Crippen LogP contribution in [0.15, 0.2) is 83.8 Å². The van der Waals surface area contributed by atoms with Gasteiger partial charge in [-0.15, -0.1) is 0 Å². The second kappa shape index (κ2) is 11.5. The summed E-state index contributed by atoms with van der Waals surface area (Å²) >= 11 is 0. The zero-order chi connectivity index (χ0) is 25.4. The molecule has 0 aliphatic rings. The van der Waals surface area contributed by atoms with Gasteiger partial charge in [-0.05, 0) is 35.7 Å². The van der Waals surface area contributed by atoms with Gasteiger partial charge in [-0.3, -0.25) is 19.2 Å². The number of sulfonamides is 1. The van der Waals surface area contributed by atoms with Crippen LogP contribution in [0.4, 0.5) is 11.4 Å². The van der Waals surface area contributed by atoms with Crippen molar-refractivity contribution in [3.8, 4) is 5.75 Å². The number of benzene rings is 3. The first kappa shape index (κ1) is 25.7. The number of hydrogen-bond donors (Lipinski definition) is 1. The summed E-state index contributed by atoms with van der Waals surface area (Å²) in [5.74, 6) is 0.422. The molecule has 1 N–H and O–H groups in total. The zero-order valence-corrected chi connectivity index (χ0v) is 20.3. The van der Waals surface area contributed by atoms with Crippen molar-refractivity contribution >= 4 is 27.3 Å². The molecule has 184 valence electrons. The Labute approximate surface area is 204 Å². The molecule has 0 spiro atoms. The third kappa shape index (κ3) is 6.57. The molecule has 3 aromatic carbocycles. The van der Waals surface area contributed by atoms with Gasteiger partial charge in [0, 0.05) is 12.1 Å². The lowest BCUT2D eigenvalue weighted by Gasteiger charge is -2.24. The van der Waals surface area contributed by atoms with Crippen molar-refractivity contribution in [2.45, 2.75) is 24.7 Å². The molecule has 0 saturated heterocycles. The monoisotopic (exact) mass is 497 g/mol. The lowest BCUT2D eigenvalue weighted by atomic mass is 10.0. The molecule has 0 heterocycles. The van der Waals surface area contributed by atoms with Crippen LogP contribution in [0, 0.1) is 10.1 Å². The minimum absolute atomic E-state index is 0.0142. The largest absolute Gasteiger partial charge is 0.491 e. The Hall–Kier alpha value is -3.92. The first-order chi connectivity index (χ1) is 16.7. The van der Waals surface area contributed by atoms with Gasteiger partial charge in [-0.1, -0.05) is 56.3 Å². The van der Waals surface area contributed by atoms with Gasteiger partial charge in [0.15, 0.2) is 0 Å². The van der Waals surface area contributed by atoms with Gasteiger partial charge in [0.05, 0.1) is 22.1 Å². The van der Waals surface area contributed by atoms with Gasteiger partial charge in [0.2, 0.25) is 5.91 Å². The maximum absolute atomic E-state index is 13.3. The van der Waals surface area contributed by atoms with E-state index in [1.54, 1.807) is 18.2 Å². The molecular formula is C25H27N3O6S. The number of rotatable bonds is 11. The molecule has 9 nitrogen and oxygen atoms in total. The summed E-state index contributed by atoms with van der Waals surface area (Å²) in [6.45, 7) is 3.90. The van der Waals surface area contributed by atoms with E-state index in [1.807, 2.05) is 24.3 Å². The van der Waals surface area contributed by atoms with E-state index in [4.69, 9.17) is 4.74 Å². The minimum Gasteiger partial charge on any atom is -0.491 e. The molecule has 0 unspecified atom stereocenters. The Bertz CT molecular complexity index is 1280. The van der Waals surface area contributed by atoms with Crippen molar-refractivity contribution in [3.05, 3.63) is 94.5 Å². The highest BCUT2D eigenvalue weighted by Gasteiger charge is 2.28. The Morgan fingerprint density at radius 3 is 2.40 bits per heavy atom.